The molecule has 1 aromatic carbocycles. The molecule has 2 saturated heterocycles. The third kappa shape index (κ3) is 4.80. The minimum Gasteiger partial charge on any atom is -0.493 e. The van der Waals surface area contributed by atoms with E-state index in [4.69, 9.17) is 9.47 Å². The molecular formula is C23H34N4O4. The molecule has 0 aromatic heterocycles. The molecule has 170 valence electrons. The van der Waals surface area contributed by atoms with E-state index in [-0.39, 0.29) is 11.8 Å². The Labute approximate surface area is 184 Å². The minimum absolute atomic E-state index is 0.0613. The molecule has 0 atom stereocenters. The molecule has 2 heterocycles. The van der Waals surface area contributed by atoms with Crippen LogP contribution < -0.4 is 9.47 Å². The lowest BCUT2D eigenvalue weighted by atomic mass is 9.91. The molecule has 0 bridgehead atoms. The van der Waals surface area contributed by atoms with E-state index in [1.807, 2.05) is 9.80 Å². The highest BCUT2D eigenvalue weighted by atomic mass is 16.5. The van der Waals surface area contributed by atoms with Gasteiger partial charge < -0.3 is 19.3 Å². The molecule has 4 rings (SSSR count). The van der Waals surface area contributed by atoms with Gasteiger partial charge in [0, 0.05) is 58.4 Å². The number of ether oxygens (including phenoxy) is 2. The molecule has 8 heteroatoms. The monoisotopic (exact) mass is 430 g/mol. The molecule has 0 radical (unpaired) electrons. The fourth-order valence-electron chi connectivity index (χ4n) is 4.71. The highest BCUT2D eigenvalue weighted by Crippen LogP contribution is 2.31. The first-order valence-corrected chi connectivity index (χ1v) is 11.3. The summed E-state index contributed by atoms with van der Waals surface area (Å²) < 4.78 is 10.7. The fourth-order valence-corrected chi connectivity index (χ4v) is 4.71. The quantitative estimate of drug-likeness (QED) is 0.675. The standard InChI is InChI=1S/C23H34N4O4/c1-30-20-8-4-7-19(22(20)31-2)23(29)27-11-9-24(10-12-27)17-21(28)26-15-13-25(14-16-26)18-5-3-6-18/h4,7-8,18H,3,5-6,9-17H2,1-2H3. The van der Waals surface area contributed by atoms with Gasteiger partial charge >= 0.3 is 0 Å². The van der Waals surface area contributed by atoms with E-state index >= 15 is 0 Å². The summed E-state index contributed by atoms with van der Waals surface area (Å²) in [6.07, 6.45) is 3.99. The van der Waals surface area contributed by atoms with Gasteiger partial charge in [-0.25, -0.2) is 0 Å². The summed E-state index contributed by atoms with van der Waals surface area (Å²) >= 11 is 0. The van der Waals surface area contributed by atoms with Gasteiger partial charge in [0.05, 0.1) is 26.3 Å². The maximum atomic E-state index is 13.0. The molecule has 0 spiro atoms. The lowest BCUT2D eigenvalue weighted by Gasteiger charge is -2.43. The molecule has 1 saturated carbocycles. The van der Waals surface area contributed by atoms with Crippen LogP contribution in [0.15, 0.2) is 18.2 Å². The normalized spacial score (nSPS) is 21.0. The number of piperazine rings is 2. The SMILES string of the molecule is COc1cccc(C(=O)N2CCN(CC(=O)N3CCN(C4CCC4)CC3)CC2)c1OC. The zero-order valence-electron chi connectivity index (χ0n) is 18.7. The Morgan fingerprint density at radius 2 is 1.58 bits per heavy atom. The van der Waals surface area contributed by atoms with Crippen LogP contribution in [0.3, 0.4) is 0 Å². The highest BCUT2D eigenvalue weighted by Gasteiger charge is 2.31. The van der Waals surface area contributed by atoms with Crippen molar-refractivity contribution < 1.29 is 19.1 Å². The van der Waals surface area contributed by atoms with Gasteiger partial charge in [-0.1, -0.05) is 12.5 Å². The Balaban J connectivity index is 1.25. The summed E-state index contributed by atoms with van der Waals surface area (Å²) in [7, 11) is 3.11. The lowest BCUT2D eigenvalue weighted by Crippen LogP contribution is -2.56. The van der Waals surface area contributed by atoms with E-state index < -0.39 is 0 Å². The summed E-state index contributed by atoms with van der Waals surface area (Å²) in [6, 6.07) is 6.11. The zero-order chi connectivity index (χ0) is 21.8. The predicted octanol–water partition coefficient (Wildman–Crippen LogP) is 1.16. The molecule has 2 aliphatic heterocycles. The van der Waals surface area contributed by atoms with Crippen LogP contribution in [0.2, 0.25) is 0 Å². The number of nitrogens with zero attached hydrogens (tertiary/aromatic N) is 4. The van der Waals surface area contributed by atoms with Crippen LogP contribution >= 0.6 is 0 Å². The number of rotatable bonds is 6. The van der Waals surface area contributed by atoms with E-state index in [1.165, 1.54) is 19.3 Å². The molecule has 0 unspecified atom stereocenters. The second-order valence-electron chi connectivity index (χ2n) is 8.61. The molecular weight excluding hydrogens is 396 g/mol. The number of para-hydroxylation sites is 1. The van der Waals surface area contributed by atoms with E-state index in [0.29, 0.717) is 49.8 Å². The number of benzene rings is 1. The second-order valence-corrected chi connectivity index (χ2v) is 8.61. The number of amides is 2. The Morgan fingerprint density at radius 1 is 0.903 bits per heavy atom. The maximum absolute atomic E-state index is 13.0. The maximum Gasteiger partial charge on any atom is 0.257 e. The molecule has 1 aromatic rings. The fraction of sp³-hybridized carbons (Fsp3) is 0.652. The van der Waals surface area contributed by atoms with E-state index in [0.717, 1.165) is 32.2 Å². The van der Waals surface area contributed by atoms with Gasteiger partial charge in [0.2, 0.25) is 5.91 Å². The zero-order valence-corrected chi connectivity index (χ0v) is 18.7. The largest absolute Gasteiger partial charge is 0.493 e. The van der Waals surface area contributed by atoms with Gasteiger partial charge in [0.15, 0.2) is 11.5 Å². The third-order valence-electron chi connectivity index (χ3n) is 6.91. The Hall–Kier alpha value is -2.32. The molecule has 0 N–H and O–H groups in total. The summed E-state index contributed by atoms with van der Waals surface area (Å²) in [5.74, 6) is 1.17. The summed E-state index contributed by atoms with van der Waals surface area (Å²) in [5.41, 5.74) is 0.510. The molecule has 1 aliphatic carbocycles. The number of carbonyl (C=O) groups excluding carboxylic acids is 2. The van der Waals surface area contributed by atoms with Crippen molar-refractivity contribution >= 4 is 11.8 Å². The highest BCUT2D eigenvalue weighted by molar-refractivity contribution is 5.98. The predicted molar refractivity (Wildman–Crippen MR) is 118 cm³/mol. The van der Waals surface area contributed by atoms with Crippen molar-refractivity contribution in [1.82, 2.24) is 19.6 Å². The van der Waals surface area contributed by atoms with Crippen molar-refractivity contribution in [3.05, 3.63) is 23.8 Å². The molecule has 8 nitrogen and oxygen atoms in total. The van der Waals surface area contributed by atoms with Gasteiger partial charge in [0.25, 0.3) is 5.91 Å². The van der Waals surface area contributed by atoms with E-state index in [1.54, 1.807) is 32.4 Å². The average molecular weight is 431 g/mol. The number of methoxy groups -OCH3 is 2. The first-order valence-electron chi connectivity index (χ1n) is 11.3. The Kier molecular flexibility index (Phi) is 6.97. The van der Waals surface area contributed by atoms with E-state index in [9.17, 15) is 9.59 Å². The van der Waals surface area contributed by atoms with Crippen LogP contribution in [0, 0.1) is 0 Å². The number of hydrogen-bond acceptors (Lipinski definition) is 6. The van der Waals surface area contributed by atoms with Gasteiger partial charge in [-0.2, -0.15) is 0 Å². The molecule has 2 amide bonds. The van der Waals surface area contributed by atoms with Gasteiger partial charge in [-0.15, -0.1) is 0 Å². The Bertz CT molecular complexity index is 782. The first kappa shape index (κ1) is 21.9. The van der Waals surface area contributed by atoms with Crippen molar-refractivity contribution in [2.75, 3.05) is 73.1 Å². The summed E-state index contributed by atoms with van der Waals surface area (Å²) in [5, 5.41) is 0. The first-order chi connectivity index (χ1) is 15.1. The number of hydrogen-bond donors (Lipinski definition) is 0. The van der Waals surface area contributed by atoms with Crippen molar-refractivity contribution in [3.8, 4) is 11.5 Å². The molecule has 3 aliphatic rings. The molecule has 3 fully saturated rings. The lowest BCUT2D eigenvalue weighted by molar-refractivity contribution is -0.135. The van der Waals surface area contributed by atoms with Crippen LogP contribution in [-0.2, 0) is 4.79 Å². The van der Waals surface area contributed by atoms with Crippen molar-refractivity contribution in [2.45, 2.75) is 25.3 Å². The van der Waals surface area contributed by atoms with Crippen molar-refractivity contribution in [1.29, 1.82) is 0 Å². The van der Waals surface area contributed by atoms with Gasteiger partial charge in [-0.3, -0.25) is 19.4 Å². The molecule has 31 heavy (non-hydrogen) atoms. The van der Waals surface area contributed by atoms with Crippen LogP contribution in [0.1, 0.15) is 29.6 Å². The van der Waals surface area contributed by atoms with Crippen molar-refractivity contribution in [2.24, 2.45) is 0 Å². The topological polar surface area (TPSA) is 65.6 Å². The van der Waals surface area contributed by atoms with Crippen molar-refractivity contribution in [3.63, 3.8) is 0 Å². The minimum atomic E-state index is -0.0613. The average Bonchev–Trinajstić information content (AvgIpc) is 2.77. The second kappa shape index (κ2) is 9.87. The third-order valence-corrected chi connectivity index (χ3v) is 6.91. The van der Waals surface area contributed by atoms with Crippen LogP contribution in [0.25, 0.3) is 0 Å². The van der Waals surface area contributed by atoms with Gasteiger partial charge in [0.1, 0.15) is 0 Å². The smallest absolute Gasteiger partial charge is 0.257 e. The van der Waals surface area contributed by atoms with Crippen LogP contribution in [0.4, 0.5) is 0 Å². The number of carbonyl (C=O) groups is 2. The van der Waals surface area contributed by atoms with Crippen LogP contribution in [-0.4, -0.2) is 111 Å². The van der Waals surface area contributed by atoms with Crippen LogP contribution in [0.5, 0.6) is 11.5 Å². The summed E-state index contributed by atoms with van der Waals surface area (Å²) in [6.45, 7) is 6.71. The summed E-state index contributed by atoms with van der Waals surface area (Å²) in [4.78, 5) is 34.3. The van der Waals surface area contributed by atoms with Gasteiger partial charge in [-0.05, 0) is 25.0 Å². The van der Waals surface area contributed by atoms with E-state index in [2.05, 4.69) is 9.80 Å². The Morgan fingerprint density at radius 3 is 2.16 bits per heavy atom.